The molecule has 1 heterocycles. The zero-order valence-electron chi connectivity index (χ0n) is 14.5. The lowest BCUT2D eigenvalue weighted by atomic mass is 10.2. The molecule has 2 aromatic rings. The Morgan fingerprint density at radius 3 is 2.67 bits per heavy atom. The third-order valence-electron chi connectivity index (χ3n) is 3.93. The van der Waals surface area contributed by atoms with E-state index in [1.807, 2.05) is 6.07 Å². The molecule has 6 nitrogen and oxygen atoms in total. The molecule has 0 N–H and O–H groups in total. The molecule has 142 valence electrons. The number of hydrogen-bond acceptors (Lipinski definition) is 5. The van der Waals surface area contributed by atoms with Gasteiger partial charge in [-0.3, -0.25) is 4.79 Å². The molecule has 27 heavy (non-hydrogen) atoms. The van der Waals surface area contributed by atoms with E-state index in [1.165, 1.54) is 11.0 Å². The third-order valence-corrected chi connectivity index (χ3v) is 4.16. The molecular formula is C19H17ClFNO5. The van der Waals surface area contributed by atoms with Gasteiger partial charge < -0.3 is 19.1 Å². The second kappa shape index (κ2) is 8.26. The first-order valence-corrected chi connectivity index (χ1v) is 8.56. The molecule has 0 aliphatic carbocycles. The van der Waals surface area contributed by atoms with Crippen molar-refractivity contribution in [3.05, 3.63) is 58.4 Å². The van der Waals surface area contributed by atoms with E-state index >= 15 is 0 Å². The highest BCUT2D eigenvalue weighted by atomic mass is 35.5. The number of hydrogen-bond donors (Lipinski definition) is 0. The van der Waals surface area contributed by atoms with Gasteiger partial charge in [-0.25, -0.2) is 9.18 Å². The van der Waals surface area contributed by atoms with Crippen LogP contribution in [0.2, 0.25) is 5.02 Å². The summed E-state index contributed by atoms with van der Waals surface area (Å²) in [7, 11) is 1.58. The molecule has 0 radical (unpaired) electrons. The Morgan fingerprint density at radius 1 is 1.15 bits per heavy atom. The third kappa shape index (κ3) is 4.68. The van der Waals surface area contributed by atoms with Crippen molar-refractivity contribution >= 4 is 23.5 Å². The summed E-state index contributed by atoms with van der Waals surface area (Å²) in [6.45, 7) is 0.759. The second-order valence-electron chi connectivity index (χ2n) is 5.93. The van der Waals surface area contributed by atoms with Crippen LogP contribution < -0.4 is 9.47 Å². The summed E-state index contributed by atoms with van der Waals surface area (Å²) < 4.78 is 29.5. The quantitative estimate of drug-likeness (QED) is 0.730. The van der Waals surface area contributed by atoms with Crippen molar-refractivity contribution in [3.63, 3.8) is 0 Å². The highest BCUT2D eigenvalue weighted by molar-refractivity contribution is 6.30. The Kier molecular flexibility index (Phi) is 5.81. The fourth-order valence-corrected chi connectivity index (χ4v) is 2.69. The number of fused-ring (bicyclic) bond motifs is 1. The first kappa shape index (κ1) is 19.0. The monoisotopic (exact) mass is 393 g/mol. The van der Waals surface area contributed by atoms with Crippen LogP contribution in [0.5, 0.6) is 11.5 Å². The van der Waals surface area contributed by atoms with Crippen molar-refractivity contribution in [2.45, 2.75) is 6.54 Å². The van der Waals surface area contributed by atoms with Crippen LogP contribution in [0, 0.1) is 5.82 Å². The van der Waals surface area contributed by atoms with Crippen LogP contribution in [-0.4, -0.2) is 43.6 Å². The molecule has 3 rings (SSSR count). The van der Waals surface area contributed by atoms with E-state index < -0.39 is 24.3 Å². The van der Waals surface area contributed by atoms with Gasteiger partial charge in [0.25, 0.3) is 5.91 Å². The van der Waals surface area contributed by atoms with Crippen LogP contribution >= 0.6 is 11.6 Å². The van der Waals surface area contributed by atoms with Gasteiger partial charge >= 0.3 is 5.97 Å². The molecule has 8 heteroatoms. The Hall–Kier alpha value is -2.80. The molecule has 0 saturated carbocycles. The topological polar surface area (TPSA) is 65.1 Å². The summed E-state index contributed by atoms with van der Waals surface area (Å²) in [5, 5.41) is 0.199. The van der Waals surface area contributed by atoms with Crippen molar-refractivity contribution in [2.75, 3.05) is 26.9 Å². The maximum absolute atomic E-state index is 13.7. The fourth-order valence-electron chi connectivity index (χ4n) is 2.52. The summed E-state index contributed by atoms with van der Waals surface area (Å²) in [5.74, 6) is -0.850. The summed E-state index contributed by atoms with van der Waals surface area (Å²) in [6.07, 6.45) is 0. The van der Waals surface area contributed by atoms with Crippen molar-refractivity contribution in [1.82, 2.24) is 4.90 Å². The Bertz CT molecular complexity index is 873. The van der Waals surface area contributed by atoms with Crippen molar-refractivity contribution in [3.8, 4) is 11.5 Å². The first-order chi connectivity index (χ1) is 12.9. The van der Waals surface area contributed by atoms with Gasteiger partial charge in [0.05, 0.1) is 5.56 Å². The van der Waals surface area contributed by atoms with Crippen LogP contribution in [0.4, 0.5) is 4.39 Å². The lowest BCUT2D eigenvalue weighted by Gasteiger charge is -2.21. The van der Waals surface area contributed by atoms with Crippen molar-refractivity contribution in [1.29, 1.82) is 0 Å². The number of rotatable bonds is 5. The molecule has 0 atom stereocenters. The number of ether oxygens (including phenoxy) is 3. The lowest BCUT2D eigenvalue weighted by molar-refractivity contribution is -0.133. The highest BCUT2D eigenvalue weighted by Crippen LogP contribution is 2.31. The summed E-state index contributed by atoms with van der Waals surface area (Å²) in [6, 6.07) is 8.94. The average molecular weight is 394 g/mol. The smallest absolute Gasteiger partial charge is 0.341 e. The number of halogens is 2. The number of nitrogens with zero attached hydrogens (tertiary/aromatic N) is 1. The van der Waals surface area contributed by atoms with E-state index in [9.17, 15) is 14.0 Å². The molecule has 0 spiro atoms. The standard InChI is InChI=1S/C19H17ClFNO5/c1-22(10-12-2-5-16-17(8-12)26-7-6-25-16)18(23)11-27-19(24)14-9-13(20)3-4-15(14)21/h2-5,8-9H,6-7,10-11H2,1H3. The predicted octanol–water partition coefficient (Wildman–Crippen LogP) is 3.07. The predicted molar refractivity (Wildman–Crippen MR) is 95.6 cm³/mol. The molecule has 0 fully saturated rings. The van der Waals surface area contributed by atoms with E-state index in [4.69, 9.17) is 25.8 Å². The maximum Gasteiger partial charge on any atom is 0.341 e. The fraction of sp³-hybridized carbons (Fsp3) is 0.263. The number of carbonyl (C=O) groups is 2. The van der Waals surface area contributed by atoms with Gasteiger partial charge in [0.15, 0.2) is 18.1 Å². The van der Waals surface area contributed by atoms with Gasteiger partial charge in [-0.1, -0.05) is 17.7 Å². The van der Waals surface area contributed by atoms with Gasteiger partial charge in [-0.15, -0.1) is 0 Å². The van der Waals surface area contributed by atoms with Crippen LogP contribution in [0.3, 0.4) is 0 Å². The van der Waals surface area contributed by atoms with E-state index in [1.54, 1.807) is 19.2 Å². The van der Waals surface area contributed by atoms with Gasteiger partial charge in [0.1, 0.15) is 19.0 Å². The molecule has 1 aliphatic heterocycles. The molecule has 2 aromatic carbocycles. The van der Waals surface area contributed by atoms with Crippen LogP contribution in [0.15, 0.2) is 36.4 Å². The summed E-state index contributed by atoms with van der Waals surface area (Å²) in [5.41, 5.74) is 0.520. The minimum absolute atomic E-state index is 0.199. The van der Waals surface area contributed by atoms with E-state index in [2.05, 4.69) is 0 Å². The Labute approximate surface area is 160 Å². The first-order valence-electron chi connectivity index (χ1n) is 8.18. The zero-order valence-corrected chi connectivity index (χ0v) is 15.3. The molecule has 0 bridgehead atoms. The zero-order chi connectivity index (χ0) is 19.4. The number of esters is 1. The maximum atomic E-state index is 13.7. The Morgan fingerprint density at radius 2 is 1.89 bits per heavy atom. The number of likely N-dealkylation sites (N-methyl/N-ethyl adjacent to an activating group) is 1. The van der Waals surface area contributed by atoms with Crippen molar-refractivity contribution < 1.29 is 28.2 Å². The highest BCUT2D eigenvalue weighted by Gasteiger charge is 2.18. The number of benzene rings is 2. The van der Waals surface area contributed by atoms with E-state index in [-0.39, 0.29) is 10.6 Å². The number of amides is 1. The lowest BCUT2D eigenvalue weighted by Crippen LogP contribution is -2.31. The molecule has 1 aliphatic rings. The molecule has 0 aromatic heterocycles. The number of carbonyl (C=O) groups excluding carboxylic acids is 2. The SMILES string of the molecule is CN(Cc1ccc2c(c1)OCCO2)C(=O)COC(=O)c1cc(Cl)ccc1F. The normalized spacial score (nSPS) is 12.4. The van der Waals surface area contributed by atoms with Crippen molar-refractivity contribution in [2.24, 2.45) is 0 Å². The van der Waals surface area contributed by atoms with E-state index in [0.717, 1.165) is 17.7 Å². The van der Waals surface area contributed by atoms with Gasteiger partial charge in [-0.05, 0) is 35.9 Å². The van der Waals surface area contributed by atoms with Gasteiger partial charge in [-0.2, -0.15) is 0 Å². The van der Waals surface area contributed by atoms with E-state index in [0.29, 0.717) is 31.3 Å². The largest absolute Gasteiger partial charge is 0.486 e. The van der Waals surface area contributed by atoms with Crippen LogP contribution in [-0.2, 0) is 16.1 Å². The molecular weight excluding hydrogens is 377 g/mol. The van der Waals surface area contributed by atoms with Gasteiger partial charge in [0.2, 0.25) is 0 Å². The van der Waals surface area contributed by atoms with Gasteiger partial charge in [0, 0.05) is 18.6 Å². The molecule has 1 amide bonds. The summed E-state index contributed by atoms with van der Waals surface area (Å²) in [4.78, 5) is 25.5. The second-order valence-corrected chi connectivity index (χ2v) is 6.36. The Balaban J connectivity index is 1.56. The summed E-state index contributed by atoms with van der Waals surface area (Å²) >= 11 is 5.75. The minimum Gasteiger partial charge on any atom is -0.486 e. The average Bonchev–Trinajstić information content (AvgIpc) is 2.67. The van der Waals surface area contributed by atoms with Crippen LogP contribution in [0.1, 0.15) is 15.9 Å². The molecule has 0 saturated heterocycles. The minimum atomic E-state index is -0.948. The van der Waals surface area contributed by atoms with Crippen LogP contribution in [0.25, 0.3) is 0 Å². The molecule has 0 unspecified atom stereocenters.